The predicted molar refractivity (Wildman–Crippen MR) is 84.9 cm³/mol. The molecule has 1 amide bonds. The largest absolute Gasteiger partial charge is 0.464 e. The third-order valence-corrected chi connectivity index (χ3v) is 3.54. The van der Waals surface area contributed by atoms with Crippen LogP contribution in [0.5, 0.6) is 0 Å². The molecule has 0 aliphatic heterocycles. The smallest absolute Gasteiger partial charge is 0.227 e. The molecule has 1 atom stereocenters. The van der Waals surface area contributed by atoms with Crippen molar-refractivity contribution >= 4 is 5.91 Å². The van der Waals surface area contributed by atoms with E-state index in [-0.39, 0.29) is 11.8 Å². The summed E-state index contributed by atoms with van der Waals surface area (Å²) < 4.78 is 5.61. The second kappa shape index (κ2) is 8.85. The summed E-state index contributed by atoms with van der Waals surface area (Å²) in [6.45, 7) is 6.43. The summed E-state index contributed by atoms with van der Waals surface area (Å²) in [5.41, 5.74) is 5.77. The zero-order valence-corrected chi connectivity index (χ0v) is 13.8. The molecule has 5 nitrogen and oxygen atoms in total. The average molecular weight is 295 g/mol. The standard InChI is InChI=1S/C16H29N3O2/c1-5-6-14(11-17)16(20)19(10-9-18(3)4)12-15-8-7-13(2)21-15/h7-8,14H,5-6,9-12,17H2,1-4H3. The Morgan fingerprint density at radius 3 is 2.52 bits per heavy atom. The number of nitrogens with two attached hydrogens (primary N) is 1. The molecule has 0 radical (unpaired) electrons. The topological polar surface area (TPSA) is 62.7 Å². The first-order chi connectivity index (χ1) is 9.97. The van der Waals surface area contributed by atoms with Crippen molar-refractivity contribution < 1.29 is 9.21 Å². The Hall–Kier alpha value is -1.33. The van der Waals surface area contributed by atoms with Crippen LogP contribution in [0.2, 0.25) is 0 Å². The molecule has 1 aromatic heterocycles. The lowest BCUT2D eigenvalue weighted by atomic mass is 10.0. The molecule has 0 saturated heterocycles. The molecule has 0 aliphatic carbocycles. The normalized spacial score (nSPS) is 12.7. The van der Waals surface area contributed by atoms with Crippen LogP contribution in [0, 0.1) is 12.8 Å². The van der Waals surface area contributed by atoms with E-state index in [0.29, 0.717) is 19.6 Å². The SMILES string of the molecule is CCCC(CN)C(=O)N(CCN(C)C)Cc1ccc(C)o1. The third kappa shape index (κ3) is 5.89. The quantitative estimate of drug-likeness (QED) is 0.755. The molecular formula is C16H29N3O2. The van der Waals surface area contributed by atoms with Crippen molar-refractivity contribution in [2.24, 2.45) is 11.7 Å². The van der Waals surface area contributed by atoms with E-state index in [0.717, 1.165) is 30.9 Å². The van der Waals surface area contributed by atoms with Crippen molar-refractivity contribution in [1.82, 2.24) is 9.80 Å². The summed E-state index contributed by atoms with van der Waals surface area (Å²) in [6, 6.07) is 3.86. The van der Waals surface area contributed by atoms with E-state index >= 15 is 0 Å². The first-order valence-electron chi connectivity index (χ1n) is 7.66. The Labute approximate surface area is 128 Å². The number of carbonyl (C=O) groups excluding carboxylic acids is 1. The van der Waals surface area contributed by atoms with Gasteiger partial charge in [0.2, 0.25) is 5.91 Å². The lowest BCUT2D eigenvalue weighted by Gasteiger charge is -2.27. The fraction of sp³-hybridized carbons (Fsp3) is 0.688. The van der Waals surface area contributed by atoms with Gasteiger partial charge in [0.25, 0.3) is 0 Å². The summed E-state index contributed by atoms with van der Waals surface area (Å²) >= 11 is 0. The van der Waals surface area contributed by atoms with E-state index in [1.807, 2.05) is 38.1 Å². The number of carbonyl (C=O) groups is 1. The third-order valence-electron chi connectivity index (χ3n) is 3.54. The number of aryl methyl sites for hydroxylation is 1. The van der Waals surface area contributed by atoms with Gasteiger partial charge < -0.3 is 20.0 Å². The van der Waals surface area contributed by atoms with Crippen LogP contribution in [0.25, 0.3) is 0 Å². The molecular weight excluding hydrogens is 266 g/mol. The summed E-state index contributed by atoms with van der Waals surface area (Å²) in [4.78, 5) is 16.6. The van der Waals surface area contributed by atoms with E-state index in [1.165, 1.54) is 0 Å². The van der Waals surface area contributed by atoms with Crippen molar-refractivity contribution in [3.8, 4) is 0 Å². The maximum Gasteiger partial charge on any atom is 0.227 e. The highest BCUT2D eigenvalue weighted by Crippen LogP contribution is 2.14. The fourth-order valence-electron chi connectivity index (χ4n) is 2.29. The molecule has 0 aromatic carbocycles. The molecule has 1 heterocycles. The predicted octanol–water partition coefficient (Wildman–Crippen LogP) is 1.85. The first-order valence-corrected chi connectivity index (χ1v) is 7.66. The second-order valence-electron chi connectivity index (χ2n) is 5.80. The summed E-state index contributed by atoms with van der Waals surface area (Å²) in [7, 11) is 4.01. The van der Waals surface area contributed by atoms with Crippen LogP contribution < -0.4 is 5.73 Å². The van der Waals surface area contributed by atoms with E-state index in [2.05, 4.69) is 11.8 Å². The zero-order chi connectivity index (χ0) is 15.8. The van der Waals surface area contributed by atoms with Crippen LogP contribution in [0.3, 0.4) is 0 Å². The van der Waals surface area contributed by atoms with E-state index < -0.39 is 0 Å². The number of hydrogen-bond acceptors (Lipinski definition) is 4. The molecule has 1 aromatic rings. The lowest BCUT2D eigenvalue weighted by molar-refractivity contribution is -0.136. The van der Waals surface area contributed by atoms with Gasteiger partial charge in [0.15, 0.2) is 0 Å². The van der Waals surface area contributed by atoms with Gasteiger partial charge in [0.05, 0.1) is 12.5 Å². The maximum atomic E-state index is 12.7. The van der Waals surface area contributed by atoms with Gasteiger partial charge in [-0.05, 0) is 39.6 Å². The zero-order valence-electron chi connectivity index (χ0n) is 13.8. The first kappa shape index (κ1) is 17.7. The highest BCUT2D eigenvalue weighted by atomic mass is 16.3. The van der Waals surface area contributed by atoms with E-state index in [9.17, 15) is 4.79 Å². The van der Waals surface area contributed by atoms with Gasteiger partial charge in [-0.2, -0.15) is 0 Å². The van der Waals surface area contributed by atoms with Crippen LogP contribution in [0.15, 0.2) is 16.5 Å². The number of rotatable bonds is 9. The molecule has 0 saturated carbocycles. The molecule has 0 aliphatic rings. The van der Waals surface area contributed by atoms with Gasteiger partial charge in [-0.3, -0.25) is 4.79 Å². The Balaban J connectivity index is 2.77. The van der Waals surface area contributed by atoms with Gasteiger partial charge in [0, 0.05) is 19.6 Å². The van der Waals surface area contributed by atoms with Crippen LogP contribution in [-0.2, 0) is 11.3 Å². The molecule has 0 spiro atoms. The van der Waals surface area contributed by atoms with Crippen LogP contribution >= 0.6 is 0 Å². The Kier molecular flexibility index (Phi) is 7.47. The minimum absolute atomic E-state index is 0.0896. The Morgan fingerprint density at radius 1 is 1.33 bits per heavy atom. The minimum atomic E-state index is -0.0896. The molecule has 2 N–H and O–H groups in total. The highest BCUT2D eigenvalue weighted by molar-refractivity contribution is 5.79. The Morgan fingerprint density at radius 2 is 2.05 bits per heavy atom. The number of likely N-dealkylation sites (N-methyl/N-ethyl adjacent to an activating group) is 1. The Bertz CT molecular complexity index is 429. The van der Waals surface area contributed by atoms with Gasteiger partial charge in [0.1, 0.15) is 11.5 Å². The van der Waals surface area contributed by atoms with Crippen molar-refractivity contribution in [2.45, 2.75) is 33.2 Å². The summed E-state index contributed by atoms with van der Waals surface area (Å²) in [6.07, 6.45) is 1.81. The maximum absolute atomic E-state index is 12.7. The lowest BCUT2D eigenvalue weighted by Crippen LogP contribution is -2.41. The van der Waals surface area contributed by atoms with Crippen molar-refractivity contribution in [1.29, 1.82) is 0 Å². The van der Waals surface area contributed by atoms with Gasteiger partial charge in [-0.1, -0.05) is 13.3 Å². The highest BCUT2D eigenvalue weighted by Gasteiger charge is 2.23. The van der Waals surface area contributed by atoms with E-state index in [1.54, 1.807) is 0 Å². The monoisotopic (exact) mass is 295 g/mol. The van der Waals surface area contributed by atoms with Crippen LogP contribution in [-0.4, -0.2) is 49.4 Å². The van der Waals surface area contributed by atoms with Crippen molar-refractivity contribution in [3.05, 3.63) is 23.7 Å². The van der Waals surface area contributed by atoms with E-state index in [4.69, 9.17) is 10.2 Å². The molecule has 21 heavy (non-hydrogen) atoms. The average Bonchev–Trinajstić information content (AvgIpc) is 2.85. The fourth-order valence-corrected chi connectivity index (χ4v) is 2.29. The van der Waals surface area contributed by atoms with Gasteiger partial charge in [-0.15, -0.1) is 0 Å². The number of hydrogen-bond donors (Lipinski definition) is 1. The van der Waals surface area contributed by atoms with Crippen molar-refractivity contribution in [2.75, 3.05) is 33.7 Å². The molecule has 5 heteroatoms. The number of amides is 1. The molecule has 120 valence electrons. The molecule has 0 bridgehead atoms. The van der Waals surface area contributed by atoms with Gasteiger partial charge >= 0.3 is 0 Å². The second-order valence-corrected chi connectivity index (χ2v) is 5.80. The van der Waals surface area contributed by atoms with Crippen LogP contribution in [0.4, 0.5) is 0 Å². The molecule has 1 rings (SSSR count). The minimum Gasteiger partial charge on any atom is -0.464 e. The molecule has 0 fully saturated rings. The number of nitrogens with zero attached hydrogens (tertiary/aromatic N) is 2. The summed E-state index contributed by atoms with van der Waals surface area (Å²) in [5, 5.41) is 0. The van der Waals surface area contributed by atoms with Crippen molar-refractivity contribution in [3.63, 3.8) is 0 Å². The number of furan rings is 1. The molecule has 1 unspecified atom stereocenters. The summed E-state index contributed by atoms with van der Waals surface area (Å²) in [5.74, 6) is 1.74. The van der Waals surface area contributed by atoms with Gasteiger partial charge in [-0.25, -0.2) is 0 Å². The van der Waals surface area contributed by atoms with Crippen LogP contribution in [0.1, 0.15) is 31.3 Å².